The molecule has 1 heterocycles. The Labute approximate surface area is 95.4 Å². The minimum atomic E-state index is -2.62. The summed E-state index contributed by atoms with van der Waals surface area (Å²) in [6.07, 6.45) is -1.32. The molecule has 0 aliphatic carbocycles. The van der Waals surface area contributed by atoms with Crippen molar-refractivity contribution in [3.05, 3.63) is 25.5 Å². The molecule has 1 rings (SSSR count). The van der Waals surface area contributed by atoms with Crippen molar-refractivity contribution in [2.75, 3.05) is 0 Å². The molecule has 0 aromatic carbocycles. The average molecular weight is 332 g/mol. The van der Waals surface area contributed by atoms with Crippen molar-refractivity contribution >= 4 is 31.9 Å². The van der Waals surface area contributed by atoms with Crippen molar-refractivity contribution in [1.29, 1.82) is 0 Å². The molecular formula is C7H6Br2F2N2O. The molecule has 7 heteroatoms. The number of aromatic nitrogens is 2. The highest BCUT2D eigenvalue weighted by atomic mass is 79.9. The van der Waals surface area contributed by atoms with Crippen LogP contribution in [0.5, 0.6) is 0 Å². The van der Waals surface area contributed by atoms with E-state index >= 15 is 0 Å². The lowest BCUT2D eigenvalue weighted by Crippen LogP contribution is -2.29. The van der Waals surface area contributed by atoms with Crippen LogP contribution in [0.15, 0.2) is 19.9 Å². The van der Waals surface area contributed by atoms with E-state index < -0.39 is 18.0 Å². The predicted octanol–water partition coefficient (Wildman–Crippen LogP) is 2.59. The van der Waals surface area contributed by atoms with E-state index in [0.717, 1.165) is 4.68 Å². The van der Waals surface area contributed by atoms with Crippen molar-refractivity contribution in [2.24, 2.45) is 0 Å². The first-order valence-electron chi connectivity index (χ1n) is 3.66. The fraction of sp³-hybridized carbons (Fsp3) is 0.429. The van der Waals surface area contributed by atoms with Crippen LogP contribution in [0.1, 0.15) is 13.0 Å². The van der Waals surface area contributed by atoms with Gasteiger partial charge in [0.1, 0.15) is 10.5 Å². The third-order valence-electron chi connectivity index (χ3n) is 1.65. The van der Waals surface area contributed by atoms with Crippen LogP contribution < -0.4 is 5.56 Å². The van der Waals surface area contributed by atoms with Crippen LogP contribution in [-0.4, -0.2) is 16.2 Å². The van der Waals surface area contributed by atoms with Gasteiger partial charge in [-0.15, -0.1) is 0 Å². The number of hydrogen-bond acceptors (Lipinski definition) is 2. The molecule has 1 aromatic heterocycles. The Kier molecular flexibility index (Phi) is 3.77. The zero-order valence-corrected chi connectivity index (χ0v) is 10.2. The first kappa shape index (κ1) is 11.8. The van der Waals surface area contributed by atoms with E-state index in [4.69, 9.17) is 0 Å². The van der Waals surface area contributed by atoms with Gasteiger partial charge in [0.2, 0.25) is 0 Å². The molecule has 3 nitrogen and oxygen atoms in total. The molecule has 1 atom stereocenters. The summed E-state index contributed by atoms with van der Waals surface area (Å²) in [5, 5.41) is 3.61. The van der Waals surface area contributed by atoms with Crippen LogP contribution >= 0.6 is 31.9 Å². The summed E-state index contributed by atoms with van der Waals surface area (Å²) < 4.78 is 26.0. The molecule has 0 saturated heterocycles. The maximum absolute atomic E-state index is 12.3. The predicted molar refractivity (Wildman–Crippen MR) is 54.6 cm³/mol. The number of rotatable bonds is 2. The number of nitrogens with zero attached hydrogens (tertiary/aromatic N) is 2. The Balaban J connectivity index is 3.25. The van der Waals surface area contributed by atoms with Crippen LogP contribution in [0.3, 0.4) is 0 Å². The van der Waals surface area contributed by atoms with Crippen LogP contribution in [-0.2, 0) is 0 Å². The summed E-state index contributed by atoms with van der Waals surface area (Å²) in [7, 11) is 0. The third-order valence-corrected chi connectivity index (χ3v) is 3.55. The molecule has 78 valence electrons. The van der Waals surface area contributed by atoms with E-state index in [0.29, 0.717) is 4.47 Å². The average Bonchev–Trinajstić information content (AvgIpc) is 2.13. The van der Waals surface area contributed by atoms with Gasteiger partial charge in [-0.3, -0.25) is 4.79 Å². The molecule has 1 aromatic rings. The van der Waals surface area contributed by atoms with Gasteiger partial charge in [-0.1, -0.05) is 0 Å². The van der Waals surface area contributed by atoms with Gasteiger partial charge >= 0.3 is 0 Å². The zero-order chi connectivity index (χ0) is 10.9. The van der Waals surface area contributed by atoms with Crippen LogP contribution in [0.4, 0.5) is 8.78 Å². The number of alkyl halides is 2. The molecule has 0 N–H and O–H groups in total. The van der Waals surface area contributed by atoms with Crippen molar-refractivity contribution in [3.63, 3.8) is 0 Å². The molecular weight excluding hydrogens is 326 g/mol. The molecule has 0 radical (unpaired) electrons. The van der Waals surface area contributed by atoms with Gasteiger partial charge in [0.05, 0.1) is 10.7 Å². The smallest absolute Gasteiger partial charge is 0.266 e. The summed E-state index contributed by atoms with van der Waals surface area (Å²) in [6, 6.07) is -1.23. The molecule has 0 bridgehead atoms. The molecule has 0 amide bonds. The van der Waals surface area contributed by atoms with Crippen molar-refractivity contribution in [3.8, 4) is 0 Å². The quantitative estimate of drug-likeness (QED) is 0.835. The van der Waals surface area contributed by atoms with E-state index in [-0.39, 0.29) is 4.47 Å². The first-order chi connectivity index (χ1) is 6.45. The highest BCUT2D eigenvalue weighted by Gasteiger charge is 2.20. The largest absolute Gasteiger partial charge is 0.282 e. The molecule has 14 heavy (non-hydrogen) atoms. The van der Waals surface area contributed by atoms with E-state index in [9.17, 15) is 13.6 Å². The molecule has 0 spiro atoms. The minimum absolute atomic E-state index is 0.194. The van der Waals surface area contributed by atoms with E-state index in [1.54, 1.807) is 0 Å². The summed E-state index contributed by atoms with van der Waals surface area (Å²) in [5.74, 6) is 0. The monoisotopic (exact) mass is 330 g/mol. The Hall–Kier alpha value is -0.300. The highest BCUT2D eigenvalue weighted by molar-refractivity contribution is 9.13. The lowest BCUT2D eigenvalue weighted by molar-refractivity contribution is 0.0827. The maximum atomic E-state index is 12.3. The Bertz CT molecular complexity index is 394. The SMILES string of the molecule is CC(C(F)F)n1ncc(Br)c(Br)c1=O. The van der Waals surface area contributed by atoms with Gasteiger partial charge in [0.25, 0.3) is 12.0 Å². The number of hydrogen-bond donors (Lipinski definition) is 0. The van der Waals surface area contributed by atoms with E-state index in [1.165, 1.54) is 13.1 Å². The van der Waals surface area contributed by atoms with Gasteiger partial charge in [-0.05, 0) is 38.8 Å². The standard InChI is InChI=1S/C7H6Br2F2N2O/c1-3(6(10)11)13-7(14)5(9)4(8)2-12-13/h2-3,6H,1H3. The van der Waals surface area contributed by atoms with Gasteiger partial charge in [-0.25, -0.2) is 13.5 Å². The number of halogens is 4. The van der Waals surface area contributed by atoms with Gasteiger partial charge < -0.3 is 0 Å². The second-order valence-electron chi connectivity index (χ2n) is 2.63. The molecule has 0 fully saturated rings. The molecule has 0 aliphatic heterocycles. The summed E-state index contributed by atoms with van der Waals surface area (Å²) in [4.78, 5) is 11.4. The molecule has 0 aliphatic rings. The zero-order valence-electron chi connectivity index (χ0n) is 7.05. The summed E-state index contributed by atoms with van der Waals surface area (Å²) in [5.41, 5.74) is -0.577. The minimum Gasteiger partial charge on any atom is -0.266 e. The first-order valence-corrected chi connectivity index (χ1v) is 5.24. The lowest BCUT2D eigenvalue weighted by atomic mass is 10.3. The van der Waals surface area contributed by atoms with Crippen LogP contribution in [0, 0.1) is 0 Å². The Morgan fingerprint density at radius 3 is 2.57 bits per heavy atom. The van der Waals surface area contributed by atoms with Crippen molar-refractivity contribution in [1.82, 2.24) is 9.78 Å². The fourth-order valence-electron chi connectivity index (χ4n) is 0.822. The molecule has 0 saturated carbocycles. The van der Waals surface area contributed by atoms with Gasteiger partial charge in [-0.2, -0.15) is 5.10 Å². The maximum Gasteiger partial charge on any atom is 0.282 e. The van der Waals surface area contributed by atoms with Crippen molar-refractivity contribution < 1.29 is 8.78 Å². The molecule has 1 unspecified atom stereocenters. The van der Waals surface area contributed by atoms with Gasteiger partial charge in [0.15, 0.2) is 0 Å². The van der Waals surface area contributed by atoms with Crippen LogP contribution in [0.2, 0.25) is 0 Å². The lowest BCUT2D eigenvalue weighted by Gasteiger charge is -2.12. The highest BCUT2D eigenvalue weighted by Crippen LogP contribution is 2.19. The van der Waals surface area contributed by atoms with Crippen molar-refractivity contribution in [2.45, 2.75) is 19.4 Å². The summed E-state index contributed by atoms with van der Waals surface area (Å²) in [6.45, 7) is 1.24. The second kappa shape index (κ2) is 4.48. The normalized spacial score (nSPS) is 13.3. The topological polar surface area (TPSA) is 34.9 Å². The Morgan fingerprint density at radius 2 is 2.07 bits per heavy atom. The van der Waals surface area contributed by atoms with E-state index in [1.807, 2.05) is 0 Å². The Morgan fingerprint density at radius 1 is 1.50 bits per heavy atom. The van der Waals surface area contributed by atoms with Crippen LogP contribution in [0.25, 0.3) is 0 Å². The third kappa shape index (κ3) is 2.20. The van der Waals surface area contributed by atoms with E-state index in [2.05, 4.69) is 37.0 Å². The fourth-order valence-corrected chi connectivity index (χ4v) is 1.37. The second-order valence-corrected chi connectivity index (χ2v) is 4.28. The van der Waals surface area contributed by atoms with Gasteiger partial charge in [0, 0.05) is 0 Å². The summed E-state index contributed by atoms with van der Waals surface area (Å²) >= 11 is 6.04.